The topological polar surface area (TPSA) is 24.8 Å². The maximum Gasteiger partial charge on any atom is 0.122 e. The number of rotatable bonds is 6. The van der Waals surface area contributed by atoms with Crippen LogP contribution in [0.4, 0.5) is 0 Å². The van der Waals surface area contributed by atoms with Gasteiger partial charge in [0.05, 0.1) is 13.7 Å². The minimum Gasteiger partial charge on any atom is -0.496 e. The Kier molecular flexibility index (Phi) is 6.90. The average Bonchev–Trinajstić information content (AvgIpc) is 2.47. The van der Waals surface area contributed by atoms with Gasteiger partial charge in [0.2, 0.25) is 0 Å². The number of benzene rings is 1. The van der Waals surface area contributed by atoms with Gasteiger partial charge in [-0.2, -0.15) is 0 Å². The van der Waals surface area contributed by atoms with Crippen LogP contribution < -0.4 is 4.74 Å². The zero-order valence-electron chi connectivity index (χ0n) is 14.9. The first-order valence-corrected chi connectivity index (χ1v) is 7.58. The van der Waals surface area contributed by atoms with E-state index in [0.29, 0.717) is 0 Å². The predicted octanol–water partition coefficient (Wildman–Crippen LogP) is 4.60. The maximum atomic E-state index is 5.37. The molecule has 0 amide bonds. The number of aliphatic imine (C=N–C) groups is 1. The van der Waals surface area contributed by atoms with Crippen LogP contribution in [0.1, 0.15) is 37.5 Å². The Morgan fingerprint density at radius 1 is 1.23 bits per heavy atom. The third kappa shape index (κ3) is 4.76. The fourth-order valence-corrected chi connectivity index (χ4v) is 2.43. The number of hydrogen-bond acceptors (Lipinski definition) is 3. The van der Waals surface area contributed by atoms with Crippen molar-refractivity contribution in [3.05, 3.63) is 47.3 Å². The van der Waals surface area contributed by atoms with Crippen molar-refractivity contribution in [3.63, 3.8) is 0 Å². The van der Waals surface area contributed by atoms with Crippen LogP contribution in [0.3, 0.4) is 0 Å². The van der Waals surface area contributed by atoms with Gasteiger partial charge in [0.15, 0.2) is 0 Å². The number of allylic oxidation sites excluding steroid dienone is 2. The molecule has 0 bridgehead atoms. The molecule has 0 unspecified atom stereocenters. The van der Waals surface area contributed by atoms with Crippen molar-refractivity contribution in [2.75, 3.05) is 20.7 Å². The Balaban J connectivity index is 2.96. The fraction of sp³-hybridized carbons (Fsp3) is 0.421. The molecule has 3 heteroatoms. The summed E-state index contributed by atoms with van der Waals surface area (Å²) in [6.07, 6.45) is 6.03. The van der Waals surface area contributed by atoms with E-state index >= 15 is 0 Å². The molecular formula is C19H28N2O. The van der Waals surface area contributed by atoms with Crippen LogP contribution in [0.2, 0.25) is 0 Å². The van der Waals surface area contributed by atoms with Crippen molar-refractivity contribution in [3.8, 4) is 5.75 Å². The summed E-state index contributed by atoms with van der Waals surface area (Å²) < 4.78 is 5.37. The van der Waals surface area contributed by atoms with Gasteiger partial charge in [-0.15, -0.1) is 0 Å². The molecule has 0 radical (unpaired) electrons. The molecule has 0 saturated heterocycles. The van der Waals surface area contributed by atoms with Crippen molar-refractivity contribution >= 4 is 11.3 Å². The van der Waals surface area contributed by atoms with Gasteiger partial charge in [-0.25, -0.2) is 0 Å². The second-order valence-electron chi connectivity index (χ2n) is 5.64. The van der Waals surface area contributed by atoms with Crippen molar-refractivity contribution < 1.29 is 4.74 Å². The normalized spacial score (nSPS) is 12.9. The Bertz CT molecular complexity index is 598. The Hall–Kier alpha value is -2.03. The Morgan fingerprint density at radius 2 is 1.91 bits per heavy atom. The van der Waals surface area contributed by atoms with E-state index < -0.39 is 0 Å². The second-order valence-corrected chi connectivity index (χ2v) is 5.64. The van der Waals surface area contributed by atoms with E-state index in [1.165, 1.54) is 16.7 Å². The highest BCUT2D eigenvalue weighted by Gasteiger charge is 2.07. The molecule has 0 aromatic heterocycles. The standard InChI is InChI=1S/C19H28N2O/c1-8-11-21(6)13-15(3)20-12-14(2)18-9-10-19(22-7)17(5)16(18)4/h8-12H,13H2,1-7H3/b11-8-,14-12+,20-15?. The molecule has 0 aliphatic heterocycles. The van der Waals surface area contributed by atoms with E-state index in [9.17, 15) is 0 Å². The van der Waals surface area contributed by atoms with Crippen LogP contribution in [-0.2, 0) is 0 Å². The first-order valence-electron chi connectivity index (χ1n) is 7.58. The fourth-order valence-electron chi connectivity index (χ4n) is 2.43. The summed E-state index contributed by atoms with van der Waals surface area (Å²) in [6, 6.07) is 4.12. The highest BCUT2D eigenvalue weighted by Crippen LogP contribution is 2.28. The third-order valence-corrected chi connectivity index (χ3v) is 3.74. The third-order valence-electron chi connectivity index (χ3n) is 3.74. The quantitative estimate of drug-likeness (QED) is 0.717. The number of ether oxygens (including phenoxy) is 1. The summed E-state index contributed by atoms with van der Waals surface area (Å²) in [7, 11) is 3.76. The smallest absolute Gasteiger partial charge is 0.122 e. The van der Waals surface area contributed by atoms with Gasteiger partial charge in [-0.1, -0.05) is 12.1 Å². The lowest BCUT2D eigenvalue weighted by Gasteiger charge is -2.14. The molecule has 3 nitrogen and oxygen atoms in total. The summed E-state index contributed by atoms with van der Waals surface area (Å²) in [5, 5.41) is 0. The number of methoxy groups -OCH3 is 1. The summed E-state index contributed by atoms with van der Waals surface area (Å²) in [5.41, 5.74) is 5.89. The molecule has 0 spiro atoms. The lowest BCUT2D eigenvalue weighted by molar-refractivity contribution is 0.411. The van der Waals surface area contributed by atoms with E-state index in [-0.39, 0.29) is 0 Å². The van der Waals surface area contributed by atoms with Gasteiger partial charge in [0.1, 0.15) is 5.75 Å². The highest BCUT2D eigenvalue weighted by molar-refractivity contribution is 5.85. The first kappa shape index (κ1) is 18.0. The second kappa shape index (κ2) is 8.42. The maximum absolute atomic E-state index is 5.37. The van der Waals surface area contributed by atoms with Crippen LogP contribution in [0, 0.1) is 13.8 Å². The summed E-state index contributed by atoms with van der Waals surface area (Å²) in [5.74, 6) is 0.932. The van der Waals surface area contributed by atoms with E-state index in [0.717, 1.165) is 23.6 Å². The van der Waals surface area contributed by atoms with Gasteiger partial charge < -0.3 is 9.64 Å². The zero-order valence-corrected chi connectivity index (χ0v) is 14.9. The minimum absolute atomic E-state index is 0.828. The molecule has 22 heavy (non-hydrogen) atoms. The van der Waals surface area contributed by atoms with Crippen LogP contribution >= 0.6 is 0 Å². The van der Waals surface area contributed by atoms with Crippen molar-refractivity contribution in [1.29, 1.82) is 0 Å². The van der Waals surface area contributed by atoms with Gasteiger partial charge in [0, 0.05) is 19.0 Å². The van der Waals surface area contributed by atoms with Crippen LogP contribution in [0.15, 0.2) is 35.6 Å². The van der Waals surface area contributed by atoms with Gasteiger partial charge in [-0.05, 0) is 69.1 Å². The largest absolute Gasteiger partial charge is 0.496 e. The molecule has 0 aliphatic carbocycles. The Morgan fingerprint density at radius 3 is 2.50 bits per heavy atom. The Labute approximate surface area is 135 Å². The molecule has 0 N–H and O–H groups in total. The van der Waals surface area contributed by atoms with E-state index in [2.05, 4.69) is 43.7 Å². The van der Waals surface area contributed by atoms with E-state index in [1.54, 1.807) is 7.11 Å². The molecule has 0 atom stereocenters. The summed E-state index contributed by atoms with van der Waals surface area (Å²) in [6.45, 7) is 11.2. The van der Waals surface area contributed by atoms with Crippen LogP contribution in [0.25, 0.3) is 5.57 Å². The molecule has 0 saturated carbocycles. The predicted molar refractivity (Wildman–Crippen MR) is 96.7 cm³/mol. The lowest BCUT2D eigenvalue weighted by Crippen LogP contribution is -2.18. The van der Waals surface area contributed by atoms with Gasteiger partial charge in [-0.3, -0.25) is 4.99 Å². The molecule has 0 aliphatic rings. The van der Waals surface area contributed by atoms with Crippen LogP contribution in [0.5, 0.6) is 5.75 Å². The monoisotopic (exact) mass is 300 g/mol. The minimum atomic E-state index is 0.828. The van der Waals surface area contributed by atoms with Gasteiger partial charge in [0.25, 0.3) is 0 Å². The summed E-state index contributed by atoms with van der Waals surface area (Å²) in [4.78, 5) is 6.70. The number of hydrogen-bond donors (Lipinski definition) is 0. The highest BCUT2D eigenvalue weighted by atomic mass is 16.5. The zero-order chi connectivity index (χ0) is 16.7. The molecule has 0 fully saturated rings. The van der Waals surface area contributed by atoms with E-state index in [4.69, 9.17) is 4.74 Å². The summed E-state index contributed by atoms with van der Waals surface area (Å²) >= 11 is 0. The number of nitrogens with zero attached hydrogens (tertiary/aromatic N) is 2. The molecule has 0 heterocycles. The SMILES string of the molecule is C/C=C\N(C)CC(C)=N/C=C(\C)c1ccc(OC)c(C)c1C. The molecule has 1 aromatic rings. The first-order chi connectivity index (χ1) is 10.4. The van der Waals surface area contributed by atoms with Crippen LogP contribution in [-0.4, -0.2) is 31.3 Å². The van der Waals surface area contributed by atoms with Crippen molar-refractivity contribution in [2.45, 2.75) is 34.6 Å². The van der Waals surface area contributed by atoms with Crippen molar-refractivity contribution in [2.24, 2.45) is 4.99 Å². The average molecular weight is 300 g/mol. The lowest BCUT2D eigenvalue weighted by atomic mass is 9.98. The van der Waals surface area contributed by atoms with E-state index in [1.807, 2.05) is 38.5 Å². The molecular weight excluding hydrogens is 272 g/mol. The molecule has 1 aromatic carbocycles. The van der Waals surface area contributed by atoms with Crippen molar-refractivity contribution in [1.82, 2.24) is 4.90 Å². The molecule has 120 valence electrons. The van der Waals surface area contributed by atoms with Gasteiger partial charge >= 0.3 is 0 Å². The molecule has 1 rings (SSSR count).